The normalized spacial score (nSPS) is 18.4. The Balaban J connectivity index is 2.35. The van der Waals surface area contributed by atoms with Gasteiger partial charge in [0, 0.05) is 5.92 Å². The molecule has 0 spiro atoms. The molecule has 2 N–H and O–H groups in total. The van der Waals surface area contributed by atoms with Gasteiger partial charge in [-0.1, -0.05) is 43.6 Å². The summed E-state index contributed by atoms with van der Waals surface area (Å²) < 4.78 is 6.12. The van der Waals surface area contributed by atoms with E-state index < -0.39 is 5.97 Å². The number of rotatable bonds is 8. The lowest BCUT2D eigenvalue weighted by molar-refractivity contribution is 0.0686. The molecule has 1 aliphatic rings. The molecule has 1 unspecified atom stereocenters. The van der Waals surface area contributed by atoms with E-state index >= 15 is 0 Å². The van der Waals surface area contributed by atoms with Gasteiger partial charge in [0.05, 0.1) is 5.56 Å². The van der Waals surface area contributed by atoms with Gasteiger partial charge in [0.25, 0.3) is 0 Å². The first-order valence-corrected chi connectivity index (χ1v) is 9.95. The molecule has 0 bridgehead atoms. The maximum atomic E-state index is 12.0. The molecule has 0 amide bonds. The van der Waals surface area contributed by atoms with Crippen LogP contribution in [0.4, 0.5) is 0 Å². The van der Waals surface area contributed by atoms with Crippen LogP contribution in [0.2, 0.25) is 0 Å². The van der Waals surface area contributed by atoms with Gasteiger partial charge in [0.2, 0.25) is 0 Å². The van der Waals surface area contributed by atoms with Gasteiger partial charge in [-0.25, -0.2) is 4.79 Å². The van der Waals surface area contributed by atoms with E-state index in [1.54, 1.807) is 6.07 Å². The Labute approximate surface area is 162 Å². The van der Waals surface area contributed by atoms with Crippen LogP contribution in [0.15, 0.2) is 23.8 Å². The van der Waals surface area contributed by atoms with E-state index in [4.69, 9.17) is 4.74 Å². The zero-order chi connectivity index (χ0) is 20.0. The molecule has 1 heterocycles. The zero-order valence-electron chi connectivity index (χ0n) is 16.9. The third-order valence-electron chi connectivity index (χ3n) is 5.11. The van der Waals surface area contributed by atoms with Gasteiger partial charge < -0.3 is 14.9 Å². The first-order valence-electron chi connectivity index (χ1n) is 9.95. The van der Waals surface area contributed by atoms with Crippen molar-refractivity contribution in [3.8, 4) is 11.5 Å². The number of aromatic hydroxyl groups is 1. The van der Waals surface area contributed by atoms with Crippen molar-refractivity contribution in [2.24, 2.45) is 5.92 Å². The molecule has 0 radical (unpaired) electrons. The second-order valence-corrected chi connectivity index (χ2v) is 7.64. The summed E-state index contributed by atoms with van der Waals surface area (Å²) in [7, 11) is 0. The van der Waals surface area contributed by atoms with Crippen LogP contribution >= 0.6 is 0 Å². The van der Waals surface area contributed by atoms with Crippen molar-refractivity contribution in [3.05, 3.63) is 40.5 Å². The maximum absolute atomic E-state index is 12.0. The lowest BCUT2D eigenvalue weighted by atomic mass is 9.95. The van der Waals surface area contributed by atoms with Crippen molar-refractivity contribution in [1.29, 1.82) is 0 Å². The molecule has 1 aromatic carbocycles. The van der Waals surface area contributed by atoms with E-state index in [9.17, 15) is 15.0 Å². The number of hydrogen-bond donors (Lipinski definition) is 2. The molecule has 1 aromatic rings. The number of allylic oxidation sites excluding steroid dienone is 2. The smallest absolute Gasteiger partial charge is 0.339 e. The van der Waals surface area contributed by atoms with Gasteiger partial charge in [-0.15, -0.1) is 0 Å². The van der Waals surface area contributed by atoms with Crippen LogP contribution in [-0.4, -0.2) is 22.3 Å². The number of carbonyl (C=O) groups is 1. The number of phenolic OH excluding ortho intramolecular Hbond substituents is 1. The second kappa shape index (κ2) is 9.63. The van der Waals surface area contributed by atoms with E-state index in [-0.39, 0.29) is 23.3 Å². The minimum Gasteiger partial charge on any atom is -0.507 e. The fourth-order valence-corrected chi connectivity index (χ4v) is 3.54. The number of unbranched alkanes of at least 4 members (excludes halogenated alkanes) is 2. The van der Waals surface area contributed by atoms with E-state index in [1.807, 2.05) is 19.1 Å². The molecule has 0 aliphatic carbocycles. The largest absolute Gasteiger partial charge is 0.507 e. The molecule has 2 rings (SSSR count). The standard InChI is InChI=1S/C23H32O4/c1-5-6-7-10-18-14-20(24)19-13-12-17(11-8-9-15(2)3)16(4)27-22(19)21(18)23(25)26/h9,12-14,16-17,24H,5-8,10-11H2,1-4H3,(H,25,26)/t16-,17?/m0/s1. The Kier molecular flexibility index (Phi) is 7.52. The lowest BCUT2D eigenvalue weighted by Gasteiger charge is -2.23. The topological polar surface area (TPSA) is 66.8 Å². The minimum absolute atomic E-state index is 0.0925. The molecular weight excluding hydrogens is 340 g/mol. The molecule has 1 aliphatic heterocycles. The Morgan fingerprint density at radius 1 is 1.30 bits per heavy atom. The Morgan fingerprint density at radius 3 is 2.67 bits per heavy atom. The summed E-state index contributed by atoms with van der Waals surface area (Å²) in [5.74, 6) is -0.434. The van der Waals surface area contributed by atoms with Crippen LogP contribution in [0, 0.1) is 5.92 Å². The number of benzene rings is 1. The molecular formula is C23H32O4. The van der Waals surface area contributed by atoms with Crippen molar-refractivity contribution in [1.82, 2.24) is 0 Å². The second-order valence-electron chi connectivity index (χ2n) is 7.64. The minimum atomic E-state index is -0.999. The highest BCUT2D eigenvalue weighted by atomic mass is 16.5. The number of aromatic carboxylic acids is 1. The van der Waals surface area contributed by atoms with Crippen molar-refractivity contribution >= 4 is 12.0 Å². The summed E-state index contributed by atoms with van der Waals surface area (Å²) >= 11 is 0. The van der Waals surface area contributed by atoms with E-state index in [2.05, 4.69) is 26.8 Å². The number of carboxylic acids is 1. The van der Waals surface area contributed by atoms with Crippen molar-refractivity contribution in [2.75, 3.05) is 0 Å². The van der Waals surface area contributed by atoms with Crippen molar-refractivity contribution < 1.29 is 19.7 Å². The number of fused-ring (bicyclic) bond motifs is 1. The number of carboxylic acid groups (broad SMARTS) is 1. The van der Waals surface area contributed by atoms with Crippen LogP contribution in [0.1, 0.15) is 81.3 Å². The Morgan fingerprint density at radius 2 is 2.04 bits per heavy atom. The van der Waals surface area contributed by atoms with Crippen molar-refractivity contribution in [2.45, 2.75) is 72.3 Å². The van der Waals surface area contributed by atoms with Gasteiger partial charge in [0.15, 0.2) is 0 Å². The highest BCUT2D eigenvalue weighted by molar-refractivity contribution is 5.95. The summed E-state index contributed by atoms with van der Waals surface area (Å²) in [5.41, 5.74) is 2.60. The Hall–Kier alpha value is -2.23. The predicted molar refractivity (Wildman–Crippen MR) is 110 cm³/mol. The van der Waals surface area contributed by atoms with E-state index in [0.717, 1.165) is 32.1 Å². The third-order valence-corrected chi connectivity index (χ3v) is 5.11. The van der Waals surface area contributed by atoms with Gasteiger partial charge in [0.1, 0.15) is 23.2 Å². The van der Waals surface area contributed by atoms with Gasteiger partial charge in [-0.05, 0) is 58.1 Å². The summed E-state index contributed by atoms with van der Waals surface area (Å²) in [5, 5.41) is 20.3. The molecule has 0 saturated carbocycles. The van der Waals surface area contributed by atoms with E-state index in [0.29, 0.717) is 23.3 Å². The quantitative estimate of drug-likeness (QED) is 0.435. The highest BCUT2D eigenvalue weighted by Gasteiger charge is 2.28. The maximum Gasteiger partial charge on any atom is 0.339 e. The molecule has 0 fully saturated rings. The molecule has 2 atom stereocenters. The van der Waals surface area contributed by atoms with Crippen molar-refractivity contribution in [3.63, 3.8) is 0 Å². The van der Waals surface area contributed by atoms with Gasteiger partial charge >= 0.3 is 5.97 Å². The number of phenols is 1. The summed E-state index contributed by atoms with van der Waals surface area (Å²) in [6, 6.07) is 1.60. The predicted octanol–water partition coefficient (Wildman–Crippen LogP) is 5.98. The molecule has 148 valence electrons. The Bertz CT molecular complexity index is 726. The molecule has 4 heteroatoms. The number of ether oxygens (including phenoxy) is 1. The SMILES string of the molecule is CCCCCc1cc(O)c2c(c1C(=O)O)O[C@@H](C)C(CCC=C(C)C)C=C2. The monoisotopic (exact) mass is 372 g/mol. The number of aryl methyl sites for hydroxylation is 1. The summed E-state index contributed by atoms with van der Waals surface area (Å²) in [6.45, 7) is 8.24. The third kappa shape index (κ3) is 5.38. The molecule has 0 saturated heterocycles. The zero-order valence-corrected chi connectivity index (χ0v) is 16.9. The van der Waals surface area contributed by atoms with Gasteiger partial charge in [-0.2, -0.15) is 0 Å². The van der Waals surface area contributed by atoms with Crippen LogP contribution in [0.3, 0.4) is 0 Å². The molecule has 0 aromatic heterocycles. The first kappa shape index (κ1) is 21.1. The fraction of sp³-hybridized carbons (Fsp3) is 0.522. The number of hydrogen-bond acceptors (Lipinski definition) is 3. The van der Waals surface area contributed by atoms with Crippen LogP contribution in [0.25, 0.3) is 6.08 Å². The highest BCUT2D eigenvalue weighted by Crippen LogP contribution is 2.40. The lowest BCUT2D eigenvalue weighted by Crippen LogP contribution is -2.22. The van der Waals surface area contributed by atoms with E-state index in [1.165, 1.54) is 5.57 Å². The average Bonchev–Trinajstić information content (AvgIpc) is 2.74. The average molecular weight is 373 g/mol. The summed E-state index contributed by atoms with van der Waals surface area (Å²) in [6.07, 6.45) is 11.4. The van der Waals surface area contributed by atoms with Crippen LogP contribution in [-0.2, 0) is 6.42 Å². The molecule has 4 nitrogen and oxygen atoms in total. The van der Waals surface area contributed by atoms with Gasteiger partial charge in [-0.3, -0.25) is 0 Å². The molecule has 27 heavy (non-hydrogen) atoms. The fourth-order valence-electron chi connectivity index (χ4n) is 3.54. The van der Waals surface area contributed by atoms with Crippen LogP contribution in [0.5, 0.6) is 11.5 Å². The van der Waals surface area contributed by atoms with Crippen LogP contribution < -0.4 is 4.74 Å². The summed E-state index contributed by atoms with van der Waals surface area (Å²) in [4.78, 5) is 12.0. The first-order chi connectivity index (χ1) is 12.8.